The zero-order valence-corrected chi connectivity index (χ0v) is 10.9. The molecular formula is C15H15N3O2. The molecule has 0 radical (unpaired) electrons. The maximum Gasteiger partial charge on any atom is 0.328 e. The van der Waals surface area contributed by atoms with Crippen LogP contribution >= 0.6 is 0 Å². The van der Waals surface area contributed by atoms with Crippen molar-refractivity contribution in [1.82, 2.24) is 14.5 Å². The van der Waals surface area contributed by atoms with Crippen LogP contribution in [-0.4, -0.2) is 19.6 Å². The van der Waals surface area contributed by atoms with Crippen molar-refractivity contribution in [2.24, 2.45) is 0 Å². The van der Waals surface area contributed by atoms with E-state index < -0.39 is 0 Å². The van der Waals surface area contributed by atoms with Gasteiger partial charge in [0, 0.05) is 24.2 Å². The van der Waals surface area contributed by atoms with Crippen molar-refractivity contribution in [3.63, 3.8) is 0 Å². The zero-order chi connectivity index (χ0) is 14.1. The molecule has 20 heavy (non-hydrogen) atoms. The lowest BCUT2D eigenvalue weighted by Gasteiger charge is -1.99. The van der Waals surface area contributed by atoms with Crippen LogP contribution in [0.2, 0.25) is 0 Å². The fraction of sp³-hybridized carbons (Fsp3) is 0.133. The van der Waals surface area contributed by atoms with Gasteiger partial charge in [0.2, 0.25) is 5.88 Å². The summed E-state index contributed by atoms with van der Waals surface area (Å²) in [7, 11) is 0. The lowest BCUT2D eigenvalue weighted by molar-refractivity contribution is 0.418. The van der Waals surface area contributed by atoms with Gasteiger partial charge in [-0.2, -0.15) is 0 Å². The lowest BCUT2D eigenvalue weighted by Crippen LogP contribution is -2.15. The highest BCUT2D eigenvalue weighted by atomic mass is 16.3. The van der Waals surface area contributed by atoms with E-state index in [1.54, 1.807) is 6.08 Å². The standard InChI is InChI=1S/C15H15N3O2/c1-2-7-18-14(19)13(17-15(18)20)9-11-8-10-5-3-4-6-12(10)16-11/h2-6,8,16,19H,1,7,9H2,(H,17,20). The van der Waals surface area contributed by atoms with Crippen LogP contribution < -0.4 is 5.69 Å². The van der Waals surface area contributed by atoms with Crippen molar-refractivity contribution in [3.8, 4) is 5.88 Å². The monoisotopic (exact) mass is 269 g/mol. The molecule has 0 spiro atoms. The Hall–Kier alpha value is -2.69. The van der Waals surface area contributed by atoms with Crippen LogP contribution in [0.3, 0.4) is 0 Å². The van der Waals surface area contributed by atoms with Gasteiger partial charge in [-0.15, -0.1) is 6.58 Å². The summed E-state index contributed by atoms with van der Waals surface area (Å²) in [4.78, 5) is 17.7. The summed E-state index contributed by atoms with van der Waals surface area (Å²) in [6, 6.07) is 9.95. The van der Waals surface area contributed by atoms with Crippen molar-refractivity contribution in [3.05, 3.63) is 64.9 Å². The molecule has 0 aliphatic rings. The molecule has 3 aromatic rings. The first-order valence-corrected chi connectivity index (χ1v) is 6.37. The van der Waals surface area contributed by atoms with Crippen molar-refractivity contribution in [1.29, 1.82) is 0 Å². The molecule has 5 heteroatoms. The fourth-order valence-corrected chi connectivity index (χ4v) is 2.35. The summed E-state index contributed by atoms with van der Waals surface area (Å²) in [6.07, 6.45) is 2.02. The van der Waals surface area contributed by atoms with Crippen LogP contribution in [0.4, 0.5) is 0 Å². The molecular weight excluding hydrogens is 254 g/mol. The Bertz CT molecular complexity index is 790. The summed E-state index contributed by atoms with van der Waals surface area (Å²) in [6.45, 7) is 3.85. The second kappa shape index (κ2) is 4.77. The van der Waals surface area contributed by atoms with E-state index in [9.17, 15) is 9.90 Å². The molecule has 0 aliphatic carbocycles. The minimum atomic E-state index is -0.325. The number of para-hydroxylation sites is 1. The van der Waals surface area contributed by atoms with Crippen LogP contribution in [0.5, 0.6) is 5.88 Å². The first-order chi connectivity index (χ1) is 9.69. The molecule has 0 bridgehead atoms. The second-order valence-corrected chi connectivity index (χ2v) is 4.69. The Labute approximate surface area is 115 Å². The minimum absolute atomic E-state index is 0.0337. The van der Waals surface area contributed by atoms with E-state index in [-0.39, 0.29) is 18.1 Å². The third kappa shape index (κ3) is 2.03. The molecule has 5 nitrogen and oxygen atoms in total. The highest BCUT2D eigenvalue weighted by Gasteiger charge is 2.13. The number of benzene rings is 1. The summed E-state index contributed by atoms with van der Waals surface area (Å²) < 4.78 is 1.25. The van der Waals surface area contributed by atoms with E-state index in [1.165, 1.54) is 4.57 Å². The number of hydrogen-bond donors (Lipinski definition) is 3. The third-order valence-corrected chi connectivity index (χ3v) is 3.29. The van der Waals surface area contributed by atoms with Gasteiger partial charge in [-0.1, -0.05) is 24.3 Å². The second-order valence-electron chi connectivity index (χ2n) is 4.69. The third-order valence-electron chi connectivity index (χ3n) is 3.29. The van der Waals surface area contributed by atoms with Crippen molar-refractivity contribution < 1.29 is 5.11 Å². The number of imidazole rings is 1. The number of aromatic hydroxyl groups is 1. The van der Waals surface area contributed by atoms with Crippen LogP contribution in [0, 0.1) is 0 Å². The van der Waals surface area contributed by atoms with Gasteiger partial charge < -0.3 is 15.1 Å². The number of hydrogen-bond acceptors (Lipinski definition) is 2. The topological polar surface area (TPSA) is 73.8 Å². The van der Waals surface area contributed by atoms with Crippen LogP contribution in [0.25, 0.3) is 10.9 Å². The molecule has 0 atom stereocenters. The van der Waals surface area contributed by atoms with Crippen LogP contribution in [-0.2, 0) is 13.0 Å². The molecule has 0 unspecified atom stereocenters. The average molecular weight is 269 g/mol. The normalized spacial score (nSPS) is 11.0. The highest BCUT2D eigenvalue weighted by Crippen LogP contribution is 2.20. The highest BCUT2D eigenvalue weighted by molar-refractivity contribution is 5.80. The molecule has 2 heterocycles. The number of nitrogens with zero attached hydrogens (tertiary/aromatic N) is 1. The Morgan fingerprint density at radius 1 is 1.30 bits per heavy atom. The zero-order valence-electron chi connectivity index (χ0n) is 10.9. The number of nitrogens with one attached hydrogen (secondary N) is 2. The van der Waals surface area contributed by atoms with E-state index in [2.05, 4.69) is 16.5 Å². The van der Waals surface area contributed by atoms with E-state index in [0.29, 0.717) is 12.1 Å². The Balaban J connectivity index is 1.96. The Morgan fingerprint density at radius 3 is 2.85 bits per heavy atom. The molecule has 3 N–H and O–H groups in total. The first-order valence-electron chi connectivity index (χ1n) is 6.37. The van der Waals surface area contributed by atoms with Gasteiger partial charge in [-0.3, -0.25) is 4.57 Å². The SMILES string of the molecule is C=CCn1c(O)c(Cc2cc3ccccc3[nH]2)[nH]c1=O. The number of H-pyrrole nitrogens is 2. The van der Waals surface area contributed by atoms with Crippen molar-refractivity contribution in [2.45, 2.75) is 13.0 Å². The molecule has 102 valence electrons. The maximum atomic E-state index is 11.7. The summed E-state index contributed by atoms with van der Waals surface area (Å²) in [5, 5.41) is 11.2. The Kier molecular flexibility index (Phi) is 2.95. The summed E-state index contributed by atoms with van der Waals surface area (Å²) in [5.74, 6) is -0.0337. The fourth-order valence-electron chi connectivity index (χ4n) is 2.35. The van der Waals surface area contributed by atoms with Gasteiger partial charge in [0.1, 0.15) is 0 Å². The molecule has 3 rings (SSSR count). The number of aromatic amines is 2. The summed E-state index contributed by atoms with van der Waals surface area (Å²) >= 11 is 0. The van der Waals surface area contributed by atoms with Gasteiger partial charge in [0.05, 0.1) is 5.69 Å². The number of rotatable bonds is 4. The Morgan fingerprint density at radius 2 is 2.10 bits per heavy atom. The van der Waals surface area contributed by atoms with Crippen LogP contribution in [0.15, 0.2) is 47.8 Å². The molecule has 0 amide bonds. The maximum absolute atomic E-state index is 11.7. The average Bonchev–Trinajstić information content (AvgIpc) is 2.95. The molecule has 1 aromatic carbocycles. The molecule has 0 saturated heterocycles. The lowest BCUT2D eigenvalue weighted by atomic mass is 10.2. The van der Waals surface area contributed by atoms with Crippen molar-refractivity contribution in [2.75, 3.05) is 0 Å². The van der Waals surface area contributed by atoms with E-state index in [1.807, 2.05) is 30.3 Å². The minimum Gasteiger partial charge on any atom is -0.493 e. The van der Waals surface area contributed by atoms with Gasteiger partial charge in [-0.25, -0.2) is 4.79 Å². The molecule has 0 saturated carbocycles. The van der Waals surface area contributed by atoms with Gasteiger partial charge in [0.25, 0.3) is 0 Å². The largest absolute Gasteiger partial charge is 0.493 e. The quantitative estimate of drug-likeness (QED) is 0.635. The number of aromatic nitrogens is 3. The van der Waals surface area contributed by atoms with E-state index in [0.717, 1.165) is 16.6 Å². The van der Waals surface area contributed by atoms with Gasteiger partial charge in [0.15, 0.2) is 0 Å². The first kappa shape index (κ1) is 12.3. The molecule has 2 aromatic heterocycles. The molecule has 0 aliphatic heterocycles. The van der Waals surface area contributed by atoms with Crippen LogP contribution in [0.1, 0.15) is 11.4 Å². The van der Waals surface area contributed by atoms with Crippen molar-refractivity contribution >= 4 is 10.9 Å². The smallest absolute Gasteiger partial charge is 0.328 e. The number of allylic oxidation sites excluding steroid dienone is 1. The number of fused-ring (bicyclic) bond motifs is 1. The van der Waals surface area contributed by atoms with E-state index >= 15 is 0 Å². The predicted molar refractivity (Wildman–Crippen MR) is 78.0 cm³/mol. The van der Waals surface area contributed by atoms with Gasteiger partial charge in [-0.05, 0) is 17.5 Å². The predicted octanol–water partition coefficient (Wildman–Crippen LogP) is 2.14. The molecule has 0 fully saturated rings. The van der Waals surface area contributed by atoms with Gasteiger partial charge >= 0.3 is 5.69 Å². The van der Waals surface area contributed by atoms with E-state index in [4.69, 9.17) is 0 Å². The summed E-state index contributed by atoms with van der Waals surface area (Å²) in [5.41, 5.74) is 2.15.